The fourth-order valence-electron chi connectivity index (χ4n) is 1.12. The van der Waals surface area contributed by atoms with Crippen LogP contribution >= 0.6 is 0 Å². The molecule has 1 atom stereocenters. The number of hydrogen-bond donors (Lipinski definition) is 1. The molecule has 0 aliphatic carbocycles. The average Bonchev–Trinajstić information content (AvgIpc) is 2.24. The zero-order chi connectivity index (χ0) is 13.7. The molecule has 3 nitrogen and oxygen atoms in total. The first-order chi connectivity index (χ1) is 7.44. The average molecular weight is 267 g/mol. The van der Waals surface area contributed by atoms with Gasteiger partial charge in [0, 0.05) is 0 Å². The molecule has 1 N–H and O–H groups in total. The summed E-state index contributed by atoms with van der Waals surface area (Å²) in [6.45, 7) is 2.67. The number of alkyl halides is 7. The number of carbonyl (C=O) groups excluding carboxylic acids is 1. The predicted octanol–water partition coefficient (Wildman–Crippen LogP) is 1.81. The summed E-state index contributed by atoms with van der Waals surface area (Å²) in [7, 11) is 0. The lowest BCUT2D eigenvalue weighted by molar-refractivity contribution is -0.287. The molecule has 98 valence electrons. The molecule has 0 spiro atoms. The molecule has 10 heteroatoms. The number of carbonyl (C=O) groups is 1. The lowest BCUT2D eigenvalue weighted by atomic mass is 10.1. The lowest BCUT2D eigenvalue weighted by Gasteiger charge is -2.25. The summed E-state index contributed by atoms with van der Waals surface area (Å²) >= 11 is 0. The fourth-order valence-corrected chi connectivity index (χ4v) is 1.12. The van der Waals surface area contributed by atoms with Gasteiger partial charge >= 0.3 is 29.7 Å². The second kappa shape index (κ2) is 3.34. The molecule has 0 amide bonds. The van der Waals surface area contributed by atoms with Gasteiger partial charge in [0.2, 0.25) is 0 Å². The van der Waals surface area contributed by atoms with E-state index in [0.717, 1.165) is 0 Å². The minimum absolute atomic E-state index is 0.0506. The Balaban J connectivity index is 3.30. The summed E-state index contributed by atoms with van der Waals surface area (Å²) in [5, 5.41) is -0.0506. The summed E-state index contributed by atoms with van der Waals surface area (Å²) in [6, 6.07) is -5.61. The van der Waals surface area contributed by atoms with Gasteiger partial charge < -0.3 is 4.74 Å². The summed E-state index contributed by atoms with van der Waals surface area (Å²) in [6.07, 6.45) is 0.135. The van der Waals surface area contributed by atoms with Crippen molar-refractivity contribution in [2.24, 2.45) is 0 Å². The van der Waals surface area contributed by atoms with Gasteiger partial charge in [0.05, 0.1) is 6.26 Å². The monoisotopic (exact) mass is 267 g/mol. The van der Waals surface area contributed by atoms with E-state index in [4.69, 9.17) is 0 Å². The van der Waals surface area contributed by atoms with E-state index in [0.29, 0.717) is 0 Å². The van der Waals surface area contributed by atoms with E-state index in [1.54, 1.807) is 0 Å². The van der Waals surface area contributed by atoms with Crippen molar-refractivity contribution in [3.63, 3.8) is 0 Å². The fraction of sp³-hybridized carbons (Fsp3) is 0.571. The topological polar surface area (TPSA) is 38.3 Å². The Morgan fingerprint density at radius 1 is 1.06 bits per heavy atom. The van der Waals surface area contributed by atoms with E-state index in [2.05, 4.69) is 11.3 Å². The Labute approximate surface area is 89.2 Å². The van der Waals surface area contributed by atoms with Crippen LogP contribution in [-0.4, -0.2) is 29.7 Å². The van der Waals surface area contributed by atoms with Crippen LogP contribution in [0.2, 0.25) is 0 Å². The van der Waals surface area contributed by atoms with Gasteiger partial charge in [0.15, 0.2) is 0 Å². The Morgan fingerprint density at radius 3 is 1.82 bits per heavy atom. The lowest BCUT2D eigenvalue weighted by Crippen LogP contribution is -2.58. The molecule has 0 saturated carbocycles. The molecule has 1 rings (SSSR count). The van der Waals surface area contributed by atoms with Crippen LogP contribution in [0.3, 0.4) is 0 Å². The molecule has 0 bridgehead atoms. The highest BCUT2D eigenvalue weighted by Crippen LogP contribution is 2.56. The van der Waals surface area contributed by atoms with Gasteiger partial charge in [-0.1, -0.05) is 6.58 Å². The van der Waals surface area contributed by atoms with Crippen molar-refractivity contribution >= 4 is 5.97 Å². The molecule has 0 aromatic heterocycles. The normalized spacial score (nSPS) is 33.1. The van der Waals surface area contributed by atoms with Gasteiger partial charge in [-0.15, -0.1) is 0 Å². The first-order valence-electron chi connectivity index (χ1n) is 3.88. The number of halogens is 7. The predicted molar refractivity (Wildman–Crippen MR) is 38.1 cm³/mol. The zero-order valence-electron chi connectivity index (χ0n) is 7.75. The molecule has 1 aliphatic rings. The van der Waals surface area contributed by atoms with Crippen LogP contribution in [0, 0.1) is 0 Å². The van der Waals surface area contributed by atoms with Crippen molar-refractivity contribution in [3.05, 3.63) is 12.8 Å². The molecule has 1 aliphatic heterocycles. The maximum absolute atomic E-state index is 13.3. The standard InChI is InChI=1S/C7H4F7NO2/c1-2-17-3(16)4(8)5(9,10)6(11,12)7(13,14)15-4/h2,15H,1H2/t4-/m1/s1. The van der Waals surface area contributed by atoms with Crippen LogP contribution in [0.1, 0.15) is 0 Å². The van der Waals surface area contributed by atoms with Crippen LogP contribution in [0.4, 0.5) is 30.7 Å². The largest absolute Gasteiger partial charge is 0.432 e. The smallest absolute Gasteiger partial charge is 0.391 e. The number of ether oxygens (including phenoxy) is 1. The van der Waals surface area contributed by atoms with Crippen LogP contribution in [0.15, 0.2) is 12.8 Å². The third kappa shape index (κ3) is 1.43. The van der Waals surface area contributed by atoms with E-state index in [1.165, 1.54) is 0 Å². The first kappa shape index (κ1) is 13.7. The maximum atomic E-state index is 13.3. The molecular formula is C7H4F7NO2. The van der Waals surface area contributed by atoms with Crippen LogP contribution in [0.25, 0.3) is 0 Å². The highest BCUT2D eigenvalue weighted by Gasteiger charge is 2.90. The van der Waals surface area contributed by atoms with E-state index < -0.39 is 29.7 Å². The molecule has 17 heavy (non-hydrogen) atoms. The van der Waals surface area contributed by atoms with Gasteiger partial charge in [0.25, 0.3) is 0 Å². The molecule has 0 radical (unpaired) electrons. The van der Waals surface area contributed by atoms with Gasteiger partial charge in [-0.25, -0.2) is 14.5 Å². The summed E-state index contributed by atoms with van der Waals surface area (Å²) in [4.78, 5) is 10.7. The van der Waals surface area contributed by atoms with Crippen LogP contribution < -0.4 is 5.32 Å². The van der Waals surface area contributed by atoms with Crippen molar-refractivity contribution in [1.29, 1.82) is 0 Å². The number of nitrogens with one attached hydrogen (secondary N) is 1. The Bertz CT molecular complexity index is 369. The first-order valence-corrected chi connectivity index (χ1v) is 3.88. The van der Waals surface area contributed by atoms with Gasteiger partial charge in [-0.05, 0) is 0 Å². The zero-order valence-corrected chi connectivity index (χ0v) is 7.75. The maximum Gasteiger partial charge on any atom is 0.391 e. The molecular weight excluding hydrogens is 263 g/mol. The van der Waals surface area contributed by atoms with Crippen LogP contribution in [0.5, 0.6) is 0 Å². The third-order valence-electron chi connectivity index (χ3n) is 2.02. The van der Waals surface area contributed by atoms with Crippen LogP contribution in [-0.2, 0) is 9.53 Å². The number of esters is 1. The summed E-state index contributed by atoms with van der Waals surface area (Å²) in [5.74, 6) is -19.8. The van der Waals surface area contributed by atoms with Gasteiger partial charge in [-0.2, -0.15) is 26.3 Å². The van der Waals surface area contributed by atoms with E-state index in [-0.39, 0.29) is 11.6 Å². The minimum Gasteiger partial charge on any atom is -0.432 e. The van der Waals surface area contributed by atoms with Crippen molar-refractivity contribution in [2.45, 2.75) is 23.7 Å². The molecule has 1 heterocycles. The number of hydrogen-bond acceptors (Lipinski definition) is 3. The SMILES string of the molecule is C=COC(=O)[C@@]1(F)NC(F)(F)C(F)(F)C1(F)F. The molecule has 0 aromatic rings. The summed E-state index contributed by atoms with van der Waals surface area (Å²) < 4.78 is 92.6. The third-order valence-corrected chi connectivity index (χ3v) is 2.02. The van der Waals surface area contributed by atoms with Crippen molar-refractivity contribution in [3.8, 4) is 0 Å². The van der Waals surface area contributed by atoms with E-state index >= 15 is 0 Å². The van der Waals surface area contributed by atoms with E-state index in [1.807, 2.05) is 0 Å². The molecule has 0 unspecified atom stereocenters. The van der Waals surface area contributed by atoms with Crippen molar-refractivity contribution in [1.82, 2.24) is 5.32 Å². The Morgan fingerprint density at radius 2 is 1.53 bits per heavy atom. The summed E-state index contributed by atoms with van der Waals surface area (Å²) in [5.41, 5.74) is 0. The number of rotatable bonds is 2. The minimum atomic E-state index is -6.09. The van der Waals surface area contributed by atoms with Gasteiger partial charge in [0.1, 0.15) is 0 Å². The van der Waals surface area contributed by atoms with Crippen molar-refractivity contribution in [2.75, 3.05) is 0 Å². The highest BCUT2D eigenvalue weighted by atomic mass is 19.4. The Kier molecular flexibility index (Phi) is 2.70. The van der Waals surface area contributed by atoms with Gasteiger partial charge in [-0.3, -0.25) is 0 Å². The molecule has 0 aromatic carbocycles. The highest BCUT2D eigenvalue weighted by molar-refractivity contribution is 5.82. The Hall–Kier alpha value is -1.32. The molecule has 1 saturated heterocycles. The second-order valence-corrected chi connectivity index (χ2v) is 3.08. The second-order valence-electron chi connectivity index (χ2n) is 3.08. The quantitative estimate of drug-likeness (QED) is 0.359. The molecule has 1 fully saturated rings. The van der Waals surface area contributed by atoms with Crippen molar-refractivity contribution < 1.29 is 40.3 Å². The van der Waals surface area contributed by atoms with E-state index in [9.17, 15) is 35.5 Å².